The molecule has 0 heterocycles. The quantitative estimate of drug-likeness (QED) is 0.265. The molecular weight excluding hydrogens is 417 g/mol. The van der Waals surface area contributed by atoms with Crippen LogP contribution in [0, 0.1) is 0 Å². The molecule has 4 N–H and O–H groups in total. The maximum atomic E-state index is 13.4. The number of likely N-dealkylation sites (N-methyl/N-ethyl adjacent to an activating group) is 1. The van der Waals surface area contributed by atoms with Gasteiger partial charge in [-0.3, -0.25) is 0 Å². The number of hydrogen-bond donors (Lipinski definition) is 4. The van der Waals surface area contributed by atoms with Crippen LogP contribution in [0.2, 0.25) is 0 Å². The van der Waals surface area contributed by atoms with Crippen molar-refractivity contribution in [3.05, 3.63) is 0 Å². The van der Waals surface area contributed by atoms with Crippen LogP contribution in [0.5, 0.6) is 0 Å². The first-order chi connectivity index (χ1) is 11.8. The summed E-state index contributed by atoms with van der Waals surface area (Å²) in [4.78, 5) is 0. The summed E-state index contributed by atoms with van der Waals surface area (Å²) in [5.41, 5.74) is 0. The third-order valence-electron chi connectivity index (χ3n) is 3.60. The van der Waals surface area contributed by atoms with Gasteiger partial charge in [0, 0.05) is 6.42 Å². The Bertz CT molecular complexity index is 583. The minimum Gasteiger partial charge on any atom is -0.395 e. The van der Waals surface area contributed by atoms with Gasteiger partial charge in [-0.05, 0) is 0 Å². The molecule has 0 aliphatic heterocycles. The monoisotopic (exact) mass is 439 g/mol. The average Bonchev–Trinajstić information content (AvgIpc) is 2.49. The van der Waals surface area contributed by atoms with E-state index in [-0.39, 0.29) is 17.6 Å². The molecule has 0 fully saturated rings. The minimum absolute atomic E-state index is 0.0658. The topological polar surface area (TPSA) is 107 Å². The van der Waals surface area contributed by atoms with Gasteiger partial charge in [0.05, 0.1) is 39.9 Å². The SMILES string of the molecule is C[N+](C)(CCC(CO)NS(=O)(=O)C(F)(F)C(F)(F)C(F)(F)F)CC(O)CO. The number of hydrogen-bond acceptors (Lipinski definition) is 5. The highest BCUT2D eigenvalue weighted by Crippen LogP contribution is 2.48. The van der Waals surface area contributed by atoms with Crippen molar-refractivity contribution in [3.63, 3.8) is 0 Å². The Labute approximate surface area is 151 Å². The molecule has 0 saturated carbocycles. The van der Waals surface area contributed by atoms with Crippen LogP contribution in [0.1, 0.15) is 6.42 Å². The second kappa shape index (κ2) is 8.73. The van der Waals surface area contributed by atoms with E-state index in [9.17, 15) is 44.3 Å². The van der Waals surface area contributed by atoms with Gasteiger partial charge in [0.15, 0.2) is 0 Å². The first-order valence-electron chi connectivity index (χ1n) is 7.40. The molecule has 164 valence electrons. The Morgan fingerprint density at radius 2 is 1.48 bits per heavy atom. The number of nitrogens with one attached hydrogen (secondary N) is 1. The van der Waals surface area contributed by atoms with E-state index in [1.807, 2.05) is 0 Å². The number of quaternary nitrogens is 1. The number of sulfonamides is 1. The predicted octanol–water partition coefficient (Wildman–Crippen LogP) is -0.123. The Kier molecular flexibility index (Phi) is 8.49. The summed E-state index contributed by atoms with van der Waals surface area (Å²) in [6.45, 7) is -1.93. The second-order valence-electron chi connectivity index (χ2n) is 6.56. The molecule has 7 nitrogen and oxygen atoms in total. The summed E-state index contributed by atoms with van der Waals surface area (Å²) in [6, 6.07) is -1.78. The largest absolute Gasteiger partial charge is 0.461 e. The first kappa shape index (κ1) is 26.3. The molecule has 27 heavy (non-hydrogen) atoms. The van der Waals surface area contributed by atoms with Crippen LogP contribution < -0.4 is 4.72 Å². The summed E-state index contributed by atoms with van der Waals surface area (Å²) in [6.07, 6.45) is -8.42. The van der Waals surface area contributed by atoms with E-state index in [2.05, 4.69) is 0 Å². The lowest BCUT2D eigenvalue weighted by molar-refractivity contribution is -0.893. The summed E-state index contributed by atoms with van der Waals surface area (Å²) in [7, 11) is -3.56. The zero-order chi connectivity index (χ0) is 21.9. The van der Waals surface area contributed by atoms with E-state index < -0.39 is 59.2 Å². The fraction of sp³-hybridized carbons (Fsp3) is 1.00. The van der Waals surface area contributed by atoms with Gasteiger partial charge >= 0.3 is 17.4 Å². The lowest BCUT2D eigenvalue weighted by atomic mass is 10.2. The van der Waals surface area contributed by atoms with Crippen LogP contribution in [0.3, 0.4) is 0 Å². The van der Waals surface area contributed by atoms with Crippen LogP contribution in [0.25, 0.3) is 0 Å². The molecule has 0 bridgehead atoms. The molecule has 0 radical (unpaired) electrons. The molecule has 0 aromatic heterocycles. The van der Waals surface area contributed by atoms with Crippen LogP contribution in [0.4, 0.5) is 30.7 Å². The van der Waals surface area contributed by atoms with Crippen molar-refractivity contribution in [3.8, 4) is 0 Å². The van der Waals surface area contributed by atoms with Gasteiger partial charge in [-0.2, -0.15) is 30.7 Å². The molecule has 0 aromatic carbocycles. The van der Waals surface area contributed by atoms with Gasteiger partial charge < -0.3 is 19.8 Å². The minimum atomic E-state index is -6.85. The van der Waals surface area contributed by atoms with Gasteiger partial charge in [-0.25, -0.2) is 13.1 Å². The molecule has 2 unspecified atom stereocenters. The molecule has 0 amide bonds. The number of nitrogens with zero attached hydrogens (tertiary/aromatic N) is 1. The number of alkyl halides is 7. The van der Waals surface area contributed by atoms with E-state index in [1.54, 1.807) is 0 Å². The van der Waals surface area contributed by atoms with Crippen molar-refractivity contribution < 1.29 is 59.0 Å². The van der Waals surface area contributed by atoms with Gasteiger partial charge in [0.1, 0.15) is 12.6 Å². The fourth-order valence-corrected chi connectivity index (χ4v) is 3.27. The van der Waals surface area contributed by atoms with Crippen molar-refractivity contribution >= 4 is 10.0 Å². The number of rotatable bonds is 11. The lowest BCUT2D eigenvalue weighted by Gasteiger charge is -2.33. The Balaban J connectivity index is 5.29. The van der Waals surface area contributed by atoms with E-state index in [0.717, 1.165) is 4.72 Å². The Morgan fingerprint density at radius 1 is 1.00 bits per heavy atom. The van der Waals surface area contributed by atoms with E-state index in [4.69, 9.17) is 10.2 Å². The molecule has 0 saturated heterocycles. The lowest BCUT2D eigenvalue weighted by Crippen LogP contribution is -2.60. The molecule has 0 rings (SSSR count). The molecule has 0 aromatic rings. The van der Waals surface area contributed by atoms with Gasteiger partial charge in [0.2, 0.25) is 0 Å². The summed E-state index contributed by atoms with van der Waals surface area (Å²) in [5, 5.41) is 20.7. The first-order valence-corrected chi connectivity index (χ1v) is 8.89. The van der Waals surface area contributed by atoms with Crippen molar-refractivity contribution in [1.29, 1.82) is 0 Å². The molecule has 0 aliphatic carbocycles. The third-order valence-corrected chi connectivity index (χ3v) is 5.17. The summed E-state index contributed by atoms with van der Waals surface area (Å²) in [5.74, 6) is -6.85. The summed E-state index contributed by atoms with van der Waals surface area (Å²) < 4.78 is 113. The highest BCUT2D eigenvalue weighted by atomic mass is 32.2. The van der Waals surface area contributed by atoms with E-state index in [1.165, 1.54) is 14.1 Å². The van der Waals surface area contributed by atoms with Crippen LogP contribution in [-0.2, 0) is 10.0 Å². The highest BCUT2D eigenvalue weighted by Gasteiger charge is 2.78. The van der Waals surface area contributed by atoms with Gasteiger partial charge in [-0.1, -0.05) is 0 Å². The van der Waals surface area contributed by atoms with Gasteiger partial charge in [0.25, 0.3) is 10.0 Å². The van der Waals surface area contributed by atoms with Crippen molar-refractivity contribution in [1.82, 2.24) is 4.72 Å². The van der Waals surface area contributed by atoms with E-state index in [0.29, 0.717) is 0 Å². The standard InChI is InChI=1S/C12H22F7N2O5S/c1-21(2,5-9(24)7-23)4-3-8(6-22)20-27(25,26)12(18,19)10(13,14)11(15,16)17/h8-9,20,22-24H,3-7H2,1-2H3/q+1. The molecule has 2 atom stereocenters. The van der Waals surface area contributed by atoms with E-state index >= 15 is 0 Å². The van der Waals surface area contributed by atoms with Crippen molar-refractivity contribution in [2.45, 2.75) is 35.9 Å². The second-order valence-corrected chi connectivity index (χ2v) is 8.31. The van der Waals surface area contributed by atoms with Crippen LogP contribution in [0.15, 0.2) is 0 Å². The number of halogens is 7. The van der Waals surface area contributed by atoms with Crippen molar-refractivity contribution in [2.24, 2.45) is 0 Å². The predicted molar refractivity (Wildman–Crippen MR) is 78.4 cm³/mol. The number of aliphatic hydroxyl groups is 3. The molecule has 15 heteroatoms. The molecule has 0 aliphatic rings. The van der Waals surface area contributed by atoms with Gasteiger partial charge in [-0.15, -0.1) is 0 Å². The Hall–Kier alpha value is -0.740. The smallest absolute Gasteiger partial charge is 0.395 e. The normalized spacial score (nSPS) is 17.0. The van der Waals surface area contributed by atoms with Crippen LogP contribution in [-0.4, -0.2) is 98.1 Å². The highest BCUT2D eigenvalue weighted by molar-refractivity contribution is 7.90. The third kappa shape index (κ3) is 6.39. The molecular formula is C12H22F7N2O5S+. The zero-order valence-corrected chi connectivity index (χ0v) is 15.2. The van der Waals surface area contributed by atoms with Crippen LogP contribution >= 0.6 is 0 Å². The molecule has 0 spiro atoms. The van der Waals surface area contributed by atoms with Crippen molar-refractivity contribution in [2.75, 3.05) is 40.4 Å². The Morgan fingerprint density at radius 3 is 1.85 bits per heavy atom. The fourth-order valence-electron chi connectivity index (χ4n) is 2.04. The zero-order valence-electron chi connectivity index (χ0n) is 14.3. The maximum Gasteiger partial charge on any atom is 0.461 e. The summed E-state index contributed by atoms with van der Waals surface area (Å²) >= 11 is 0. The number of aliphatic hydroxyl groups excluding tert-OH is 3. The maximum absolute atomic E-state index is 13.4. The average molecular weight is 439 g/mol.